The zero-order valence-electron chi connectivity index (χ0n) is 23.3. The maximum absolute atomic E-state index is 11.1. The number of hydrogen-bond acceptors (Lipinski definition) is 6. The van der Waals surface area contributed by atoms with Crippen molar-refractivity contribution in [2.45, 2.75) is 167 Å². The van der Waals surface area contributed by atoms with Crippen LogP contribution < -0.4 is 0 Å². The normalized spacial score (nSPS) is 13.4. The monoisotopic (exact) mass is 664 g/mol. The second kappa shape index (κ2) is 27.0. The van der Waals surface area contributed by atoms with Crippen LogP contribution in [0.15, 0.2) is 0 Å². The smallest absolute Gasteiger partial charge is 0.748 e. The Labute approximate surface area is 259 Å². The first-order chi connectivity index (χ1) is 16.0. The summed E-state index contributed by atoms with van der Waals surface area (Å²) in [7, 11) is -8.18. The van der Waals surface area contributed by atoms with Gasteiger partial charge in [-0.3, -0.25) is 0 Å². The summed E-state index contributed by atoms with van der Waals surface area (Å²) in [6.07, 6.45) is 19.0. The van der Waals surface area contributed by atoms with Gasteiger partial charge in [-0.2, -0.15) is 0 Å². The molecule has 2 unspecified atom stereocenters. The fourth-order valence-electron chi connectivity index (χ4n) is 4.06. The molecule has 0 aliphatic heterocycles. The SMILES string of the molecule is CCCCCCCC(CCCCC)S(=O)(=O)[O-].CCCCCCCC(CCCCC)S(=O)(=O)[O-].[Ba+2]. The Morgan fingerprint density at radius 1 is 0.429 bits per heavy atom. The summed E-state index contributed by atoms with van der Waals surface area (Å²) in [5.74, 6) is 0. The van der Waals surface area contributed by atoms with Crippen molar-refractivity contribution >= 4 is 69.1 Å². The predicted octanol–water partition coefficient (Wildman–Crippen LogP) is 7.30. The van der Waals surface area contributed by atoms with Gasteiger partial charge in [0.2, 0.25) is 0 Å². The van der Waals surface area contributed by atoms with Gasteiger partial charge in [0.1, 0.15) is 0 Å². The summed E-state index contributed by atoms with van der Waals surface area (Å²) in [6, 6.07) is 0. The fraction of sp³-hybridized carbons (Fsp3) is 1.00. The van der Waals surface area contributed by atoms with Gasteiger partial charge in [0, 0.05) is 10.5 Å². The summed E-state index contributed by atoms with van der Waals surface area (Å²) in [4.78, 5) is 0. The number of unbranched alkanes of at least 4 members (excludes halogenated alkanes) is 12. The molecule has 0 aromatic heterocycles. The standard InChI is InChI=1S/2C13H28O3S.Ba/c2*1-3-5-7-8-10-12-13(17(14,15)16)11-9-6-4-2;/h2*13H,3-12H2,1-2H3,(H,14,15,16);/q;;+2/p-2. The van der Waals surface area contributed by atoms with Crippen LogP contribution in [0.3, 0.4) is 0 Å². The molecule has 208 valence electrons. The van der Waals surface area contributed by atoms with E-state index in [2.05, 4.69) is 27.7 Å². The van der Waals surface area contributed by atoms with Crippen molar-refractivity contribution in [2.24, 2.45) is 0 Å². The molecule has 0 aliphatic carbocycles. The topological polar surface area (TPSA) is 114 Å². The molecular formula is C26H54BaO6S2. The zero-order chi connectivity index (χ0) is 26.3. The van der Waals surface area contributed by atoms with Gasteiger partial charge in [0.15, 0.2) is 0 Å². The molecule has 0 bridgehead atoms. The van der Waals surface area contributed by atoms with Crippen molar-refractivity contribution in [3.05, 3.63) is 0 Å². The Balaban J connectivity index is -0.000000569. The van der Waals surface area contributed by atoms with Gasteiger partial charge in [-0.05, 0) is 25.7 Å². The summed E-state index contributed by atoms with van der Waals surface area (Å²) < 4.78 is 66.5. The van der Waals surface area contributed by atoms with E-state index in [1.54, 1.807) is 0 Å². The molecule has 0 fully saturated rings. The molecule has 6 nitrogen and oxygen atoms in total. The van der Waals surface area contributed by atoms with Gasteiger partial charge in [-0.25, -0.2) is 16.8 Å². The molecule has 0 saturated carbocycles. The first kappa shape index (κ1) is 40.9. The maximum atomic E-state index is 11.1. The van der Waals surface area contributed by atoms with Crippen LogP contribution in [-0.4, -0.2) is 85.3 Å². The van der Waals surface area contributed by atoms with Gasteiger partial charge in [0.05, 0.1) is 20.2 Å². The van der Waals surface area contributed by atoms with E-state index in [9.17, 15) is 25.9 Å². The largest absolute Gasteiger partial charge is 2.00 e. The van der Waals surface area contributed by atoms with Crippen LogP contribution in [-0.2, 0) is 20.2 Å². The Kier molecular flexibility index (Phi) is 31.5. The molecule has 35 heavy (non-hydrogen) atoms. The molecule has 0 rings (SSSR count). The Morgan fingerprint density at radius 2 is 0.629 bits per heavy atom. The third kappa shape index (κ3) is 28.2. The summed E-state index contributed by atoms with van der Waals surface area (Å²) >= 11 is 0. The number of rotatable bonds is 22. The van der Waals surface area contributed by atoms with E-state index < -0.39 is 30.7 Å². The molecular weight excluding hydrogens is 610 g/mol. The van der Waals surface area contributed by atoms with Crippen LogP contribution in [0, 0.1) is 0 Å². The van der Waals surface area contributed by atoms with Gasteiger partial charge in [0.25, 0.3) is 0 Å². The number of hydrogen-bond donors (Lipinski definition) is 0. The van der Waals surface area contributed by atoms with E-state index in [1.807, 2.05) is 0 Å². The first-order valence-electron chi connectivity index (χ1n) is 13.9. The minimum atomic E-state index is -4.09. The van der Waals surface area contributed by atoms with Crippen molar-refractivity contribution in [3.63, 3.8) is 0 Å². The van der Waals surface area contributed by atoms with E-state index >= 15 is 0 Å². The van der Waals surface area contributed by atoms with E-state index in [4.69, 9.17) is 0 Å². The summed E-state index contributed by atoms with van der Waals surface area (Å²) in [5.41, 5.74) is 0. The van der Waals surface area contributed by atoms with Crippen LogP contribution in [0.2, 0.25) is 0 Å². The molecule has 0 saturated heterocycles. The molecule has 0 amide bonds. The second-order valence-corrected chi connectivity index (χ2v) is 12.9. The second-order valence-electron chi connectivity index (χ2n) is 9.63. The quantitative estimate of drug-likeness (QED) is 0.0682. The Morgan fingerprint density at radius 3 is 0.857 bits per heavy atom. The molecule has 0 aromatic rings. The van der Waals surface area contributed by atoms with E-state index in [1.165, 1.54) is 25.7 Å². The minimum Gasteiger partial charge on any atom is -0.748 e. The van der Waals surface area contributed by atoms with Crippen LogP contribution in [0.1, 0.15) is 156 Å². The molecule has 9 heteroatoms. The van der Waals surface area contributed by atoms with E-state index in [-0.39, 0.29) is 48.9 Å². The molecule has 2 atom stereocenters. The van der Waals surface area contributed by atoms with Crippen molar-refractivity contribution in [2.75, 3.05) is 0 Å². The van der Waals surface area contributed by atoms with Crippen LogP contribution in [0.5, 0.6) is 0 Å². The van der Waals surface area contributed by atoms with Crippen LogP contribution in [0.4, 0.5) is 0 Å². The third-order valence-corrected chi connectivity index (χ3v) is 8.91. The molecule has 0 spiro atoms. The minimum absolute atomic E-state index is 0. The third-order valence-electron chi connectivity index (χ3n) is 6.34. The molecule has 0 heterocycles. The van der Waals surface area contributed by atoms with Crippen LogP contribution >= 0.6 is 0 Å². The molecule has 0 aliphatic rings. The Hall–Kier alpha value is 1.39. The summed E-state index contributed by atoms with van der Waals surface area (Å²) in [5, 5.41) is -1.29. The van der Waals surface area contributed by atoms with Crippen LogP contribution in [0.25, 0.3) is 0 Å². The average molecular weight is 664 g/mol. The summed E-state index contributed by atoms with van der Waals surface area (Å²) in [6.45, 7) is 8.45. The first-order valence-corrected chi connectivity index (χ1v) is 16.9. The fourth-order valence-corrected chi connectivity index (χ4v) is 5.88. The van der Waals surface area contributed by atoms with Crippen molar-refractivity contribution in [1.29, 1.82) is 0 Å². The molecule has 0 aromatic carbocycles. The zero-order valence-corrected chi connectivity index (χ0v) is 29.3. The van der Waals surface area contributed by atoms with Crippen molar-refractivity contribution < 1.29 is 25.9 Å². The van der Waals surface area contributed by atoms with Gasteiger partial charge >= 0.3 is 48.9 Å². The molecule has 0 radical (unpaired) electrons. The van der Waals surface area contributed by atoms with E-state index in [0.717, 1.165) is 77.0 Å². The van der Waals surface area contributed by atoms with E-state index in [0.29, 0.717) is 25.7 Å². The molecule has 0 N–H and O–H groups in total. The Bertz CT molecular complexity index is 582. The van der Waals surface area contributed by atoms with Gasteiger partial charge in [-0.15, -0.1) is 0 Å². The van der Waals surface area contributed by atoms with Crippen molar-refractivity contribution in [1.82, 2.24) is 0 Å². The van der Waals surface area contributed by atoms with Gasteiger partial charge in [-0.1, -0.05) is 130 Å². The van der Waals surface area contributed by atoms with Gasteiger partial charge < -0.3 is 9.11 Å². The predicted molar refractivity (Wildman–Crippen MR) is 148 cm³/mol. The average Bonchev–Trinajstić information content (AvgIpc) is 2.75. The van der Waals surface area contributed by atoms with Crippen molar-refractivity contribution in [3.8, 4) is 0 Å². The maximum Gasteiger partial charge on any atom is 2.00 e.